The van der Waals surface area contributed by atoms with Crippen LogP contribution in [-0.2, 0) is 4.79 Å². The lowest BCUT2D eigenvalue weighted by Gasteiger charge is -2.11. The molecule has 0 radical (unpaired) electrons. The summed E-state index contributed by atoms with van der Waals surface area (Å²) >= 11 is 0.554. The van der Waals surface area contributed by atoms with Gasteiger partial charge in [-0.2, -0.15) is 13.2 Å². The number of anilines is 1. The SMILES string of the molecule is Cc1ccc(C(=O)C(=O)Nc2ccccc2SCC(F)(F)F)cc1. The number of rotatable bonds is 5. The molecular weight excluding hydrogens is 339 g/mol. The molecule has 2 aromatic carbocycles. The number of benzene rings is 2. The van der Waals surface area contributed by atoms with Gasteiger partial charge in [-0.25, -0.2) is 0 Å². The number of amides is 1. The van der Waals surface area contributed by atoms with Crippen LogP contribution in [0.1, 0.15) is 15.9 Å². The quantitative estimate of drug-likeness (QED) is 0.490. The second-order valence-corrected chi connectivity index (χ2v) is 6.07. The molecule has 0 atom stereocenters. The summed E-state index contributed by atoms with van der Waals surface area (Å²) in [6.45, 7) is 1.85. The monoisotopic (exact) mass is 353 g/mol. The Kier molecular flexibility index (Phi) is 5.66. The van der Waals surface area contributed by atoms with E-state index in [9.17, 15) is 22.8 Å². The fourth-order valence-corrected chi connectivity index (χ4v) is 2.64. The van der Waals surface area contributed by atoms with E-state index in [0.717, 1.165) is 5.56 Å². The molecule has 0 saturated heterocycles. The van der Waals surface area contributed by atoms with E-state index < -0.39 is 23.6 Å². The number of para-hydroxylation sites is 1. The highest BCUT2D eigenvalue weighted by Crippen LogP contribution is 2.32. The van der Waals surface area contributed by atoms with Crippen molar-refractivity contribution in [3.05, 3.63) is 59.7 Å². The van der Waals surface area contributed by atoms with Gasteiger partial charge in [0, 0.05) is 10.5 Å². The smallest absolute Gasteiger partial charge is 0.318 e. The number of halogens is 3. The highest BCUT2D eigenvalue weighted by Gasteiger charge is 2.28. The summed E-state index contributed by atoms with van der Waals surface area (Å²) in [5.41, 5.74) is 1.34. The Morgan fingerprint density at radius 3 is 2.29 bits per heavy atom. The van der Waals surface area contributed by atoms with Crippen LogP contribution in [0.4, 0.5) is 18.9 Å². The van der Waals surface area contributed by atoms with Gasteiger partial charge in [0.1, 0.15) is 0 Å². The minimum atomic E-state index is -4.32. The van der Waals surface area contributed by atoms with Gasteiger partial charge in [-0.3, -0.25) is 9.59 Å². The van der Waals surface area contributed by atoms with E-state index in [0.29, 0.717) is 11.8 Å². The molecule has 0 heterocycles. The van der Waals surface area contributed by atoms with Crippen LogP contribution in [0.25, 0.3) is 0 Å². The van der Waals surface area contributed by atoms with Crippen LogP contribution < -0.4 is 5.32 Å². The summed E-state index contributed by atoms with van der Waals surface area (Å²) in [6, 6.07) is 12.5. The van der Waals surface area contributed by atoms with Crippen molar-refractivity contribution >= 4 is 29.1 Å². The lowest BCUT2D eigenvalue weighted by molar-refractivity contribution is -0.112. The number of hydrogen-bond donors (Lipinski definition) is 1. The Morgan fingerprint density at radius 2 is 1.67 bits per heavy atom. The number of nitrogens with one attached hydrogen (secondary N) is 1. The minimum absolute atomic E-state index is 0.178. The van der Waals surface area contributed by atoms with Gasteiger partial charge in [-0.05, 0) is 19.1 Å². The van der Waals surface area contributed by atoms with Gasteiger partial charge < -0.3 is 5.32 Å². The van der Waals surface area contributed by atoms with Crippen LogP contribution in [0.2, 0.25) is 0 Å². The number of thioether (sulfide) groups is 1. The normalized spacial score (nSPS) is 11.2. The Bertz CT molecular complexity index is 742. The third-order valence-electron chi connectivity index (χ3n) is 3.05. The molecule has 1 amide bonds. The summed E-state index contributed by atoms with van der Waals surface area (Å²) in [5, 5.41) is 2.38. The third-order valence-corrected chi connectivity index (χ3v) is 4.19. The van der Waals surface area contributed by atoms with Gasteiger partial charge in [-0.15, -0.1) is 11.8 Å². The molecule has 1 N–H and O–H groups in total. The first kappa shape index (κ1) is 18.1. The molecule has 0 saturated carbocycles. The van der Waals surface area contributed by atoms with Crippen LogP contribution in [0, 0.1) is 6.92 Å². The third kappa shape index (κ3) is 5.13. The van der Waals surface area contributed by atoms with Gasteiger partial charge >= 0.3 is 6.18 Å². The van der Waals surface area contributed by atoms with Gasteiger partial charge in [-0.1, -0.05) is 42.0 Å². The molecule has 2 rings (SSSR count). The molecule has 0 aliphatic heterocycles. The minimum Gasteiger partial charge on any atom is -0.318 e. The number of alkyl halides is 3. The molecule has 0 spiro atoms. The molecule has 126 valence electrons. The number of ketones is 1. The molecule has 24 heavy (non-hydrogen) atoms. The number of carbonyl (C=O) groups is 2. The van der Waals surface area contributed by atoms with Crippen molar-refractivity contribution in [3.63, 3.8) is 0 Å². The Morgan fingerprint density at radius 1 is 1.04 bits per heavy atom. The maximum Gasteiger partial charge on any atom is 0.398 e. The van der Waals surface area contributed by atoms with Crippen LogP contribution in [0.5, 0.6) is 0 Å². The van der Waals surface area contributed by atoms with Gasteiger partial charge in [0.05, 0.1) is 11.4 Å². The van der Waals surface area contributed by atoms with Crippen LogP contribution in [0.15, 0.2) is 53.4 Å². The van der Waals surface area contributed by atoms with Crippen molar-refractivity contribution in [2.24, 2.45) is 0 Å². The maximum atomic E-state index is 12.4. The highest BCUT2D eigenvalue weighted by molar-refractivity contribution is 7.99. The van der Waals surface area contributed by atoms with Gasteiger partial charge in [0.15, 0.2) is 0 Å². The molecule has 0 bridgehead atoms. The second-order valence-electron chi connectivity index (χ2n) is 5.05. The highest BCUT2D eigenvalue weighted by atomic mass is 32.2. The topological polar surface area (TPSA) is 46.2 Å². The van der Waals surface area contributed by atoms with Crippen molar-refractivity contribution in [1.29, 1.82) is 0 Å². The fraction of sp³-hybridized carbons (Fsp3) is 0.176. The predicted molar refractivity (Wildman–Crippen MR) is 87.4 cm³/mol. The molecule has 7 heteroatoms. The summed E-state index contributed by atoms with van der Waals surface area (Å²) in [5.74, 6) is -2.71. The van der Waals surface area contributed by atoms with E-state index in [1.165, 1.54) is 24.3 Å². The van der Waals surface area contributed by atoms with E-state index >= 15 is 0 Å². The fourth-order valence-electron chi connectivity index (χ4n) is 1.87. The van der Waals surface area contributed by atoms with Crippen molar-refractivity contribution in [2.75, 3.05) is 11.1 Å². The van der Waals surface area contributed by atoms with Crippen LogP contribution in [0.3, 0.4) is 0 Å². The summed E-state index contributed by atoms with van der Waals surface area (Å²) < 4.78 is 37.1. The van der Waals surface area contributed by atoms with Crippen LogP contribution in [-0.4, -0.2) is 23.6 Å². The standard InChI is InChI=1S/C17H14F3NO2S/c1-11-6-8-12(9-7-11)15(22)16(23)21-13-4-2-3-5-14(13)24-10-17(18,19)20/h2-9H,10H2,1H3,(H,21,23). The first-order valence-corrected chi connectivity index (χ1v) is 7.96. The first-order valence-electron chi connectivity index (χ1n) is 6.97. The van der Waals surface area contributed by atoms with Gasteiger partial charge in [0.2, 0.25) is 0 Å². The zero-order valence-corrected chi connectivity index (χ0v) is 13.5. The molecule has 2 aromatic rings. The maximum absolute atomic E-state index is 12.4. The van der Waals surface area contributed by atoms with E-state index in [4.69, 9.17) is 0 Å². The zero-order chi connectivity index (χ0) is 17.7. The van der Waals surface area contributed by atoms with Crippen molar-refractivity contribution in [2.45, 2.75) is 18.0 Å². The molecule has 0 aliphatic rings. The van der Waals surface area contributed by atoms with E-state index in [1.807, 2.05) is 6.92 Å². The number of hydrogen-bond acceptors (Lipinski definition) is 3. The summed E-state index contributed by atoms with van der Waals surface area (Å²) in [6.07, 6.45) is -4.32. The molecule has 0 unspecified atom stereocenters. The lowest BCUT2D eigenvalue weighted by atomic mass is 10.1. The van der Waals surface area contributed by atoms with E-state index in [1.54, 1.807) is 24.3 Å². The Hall–Kier alpha value is -2.28. The number of carbonyl (C=O) groups excluding carboxylic acids is 2. The van der Waals surface area contributed by atoms with Gasteiger partial charge in [0.25, 0.3) is 11.7 Å². The largest absolute Gasteiger partial charge is 0.398 e. The average Bonchev–Trinajstić information content (AvgIpc) is 2.53. The molecule has 0 fully saturated rings. The molecule has 0 aliphatic carbocycles. The van der Waals surface area contributed by atoms with Crippen LogP contribution >= 0.6 is 11.8 Å². The Labute approximate surface area is 141 Å². The Balaban J connectivity index is 2.11. The average molecular weight is 353 g/mol. The van der Waals surface area contributed by atoms with E-state index in [-0.39, 0.29) is 16.1 Å². The molecule has 0 aromatic heterocycles. The second kappa shape index (κ2) is 7.53. The van der Waals surface area contributed by atoms with Crippen molar-refractivity contribution in [1.82, 2.24) is 0 Å². The predicted octanol–water partition coefficient (Wildman–Crippen LogP) is 4.47. The number of Topliss-reactive ketones (excluding diaryl/α,β-unsaturated/α-hetero) is 1. The summed E-state index contributed by atoms with van der Waals surface area (Å²) in [7, 11) is 0. The summed E-state index contributed by atoms with van der Waals surface area (Å²) in [4.78, 5) is 24.4. The molecular formula is C17H14F3NO2S. The first-order chi connectivity index (χ1) is 11.3. The lowest BCUT2D eigenvalue weighted by Crippen LogP contribution is -2.23. The van der Waals surface area contributed by atoms with Crippen molar-refractivity contribution < 1.29 is 22.8 Å². The van der Waals surface area contributed by atoms with Crippen molar-refractivity contribution in [3.8, 4) is 0 Å². The zero-order valence-electron chi connectivity index (χ0n) is 12.7. The molecule has 3 nitrogen and oxygen atoms in total. The number of aryl methyl sites for hydroxylation is 1. The van der Waals surface area contributed by atoms with E-state index in [2.05, 4.69) is 5.32 Å².